The van der Waals surface area contributed by atoms with Crippen molar-refractivity contribution < 1.29 is 14.3 Å². The maximum atomic E-state index is 12.2. The van der Waals surface area contributed by atoms with E-state index in [4.69, 9.17) is 27.9 Å². The van der Waals surface area contributed by atoms with Crippen molar-refractivity contribution in [2.75, 3.05) is 31.6 Å². The topological polar surface area (TPSA) is 58.6 Å². The van der Waals surface area contributed by atoms with Gasteiger partial charge in [-0.3, -0.25) is 9.59 Å². The Hall–Kier alpha value is -1.46. The maximum Gasteiger partial charge on any atom is 0.309 e. The molecular weight excluding hydrogens is 339 g/mol. The van der Waals surface area contributed by atoms with E-state index < -0.39 is 0 Å². The first-order valence-electron chi connectivity index (χ1n) is 7.64. The number of carbonyl (C=O) groups excluding carboxylic acids is 2. The molecule has 0 unspecified atom stereocenters. The Morgan fingerprint density at radius 3 is 2.61 bits per heavy atom. The highest BCUT2D eigenvalue weighted by Gasteiger charge is 2.27. The number of ether oxygens (including phenoxy) is 1. The number of piperidine rings is 1. The molecule has 0 aromatic heterocycles. The van der Waals surface area contributed by atoms with E-state index in [1.807, 2.05) is 0 Å². The van der Waals surface area contributed by atoms with Gasteiger partial charge in [-0.1, -0.05) is 23.2 Å². The summed E-state index contributed by atoms with van der Waals surface area (Å²) >= 11 is 11.9. The van der Waals surface area contributed by atoms with Gasteiger partial charge in [0, 0.05) is 18.1 Å². The molecule has 0 bridgehead atoms. The second-order valence-electron chi connectivity index (χ2n) is 5.38. The third-order valence-electron chi connectivity index (χ3n) is 3.83. The molecule has 1 aliphatic heterocycles. The van der Waals surface area contributed by atoms with Crippen LogP contribution >= 0.6 is 23.2 Å². The zero-order valence-electron chi connectivity index (χ0n) is 13.0. The number of esters is 1. The molecule has 0 radical (unpaired) electrons. The van der Waals surface area contributed by atoms with Gasteiger partial charge in [0.25, 0.3) is 0 Å². The van der Waals surface area contributed by atoms with Crippen LogP contribution in [0.2, 0.25) is 10.0 Å². The zero-order valence-corrected chi connectivity index (χ0v) is 14.5. The molecule has 23 heavy (non-hydrogen) atoms. The molecule has 1 fully saturated rings. The van der Waals surface area contributed by atoms with Gasteiger partial charge in [-0.2, -0.15) is 0 Å². The van der Waals surface area contributed by atoms with Crippen LogP contribution in [0, 0.1) is 5.92 Å². The first-order chi connectivity index (χ1) is 11.0. The van der Waals surface area contributed by atoms with Crippen LogP contribution in [-0.4, -0.2) is 43.0 Å². The van der Waals surface area contributed by atoms with Gasteiger partial charge in [0.15, 0.2) is 0 Å². The Morgan fingerprint density at radius 1 is 1.30 bits per heavy atom. The van der Waals surface area contributed by atoms with Gasteiger partial charge in [-0.25, -0.2) is 0 Å². The molecule has 5 nitrogen and oxygen atoms in total. The van der Waals surface area contributed by atoms with E-state index in [1.54, 1.807) is 30.0 Å². The number of halogens is 2. The van der Waals surface area contributed by atoms with Crippen LogP contribution in [0.3, 0.4) is 0 Å². The van der Waals surface area contributed by atoms with Crippen LogP contribution in [0.1, 0.15) is 19.8 Å². The molecular formula is C16H20Cl2N2O3. The second kappa shape index (κ2) is 8.41. The molecule has 2 rings (SSSR count). The molecule has 1 aromatic carbocycles. The van der Waals surface area contributed by atoms with E-state index in [-0.39, 0.29) is 24.3 Å². The lowest BCUT2D eigenvalue weighted by molar-refractivity contribution is -0.151. The summed E-state index contributed by atoms with van der Waals surface area (Å²) in [5.41, 5.74) is 0.672. The second-order valence-corrected chi connectivity index (χ2v) is 6.23. The van der Waals surface area contributed by atoms with Gasteiger partial charge >= 0.3 is 5.97 Å². The van der Waals surface area contributed by atoms with Gasteiger partial charge in [0.1, 0.15) is 0 Å². The number of amides is 1. The predicted molar refractivity (Wildman–Crippen MR) is 90.9 cm³/mol. The van der Waals surface area contributed by atoms with Gasteiger partial charge in [0.05, 0.1) is 29.8 Å². The lowest BCUT2D eigenvalue weighted by Gasteiger charge is -2.31. The SMILES string of the molecule is CCOC(=O)C1CCN(C(=O)CNc2ccc(Cl)cc2Cl)CC1. The largest absolute Gasteiger partial charge is 0.466 e. The quantitative estimate of drug-likeness (QED) is 0.821. The molecule has 1 aromatic rings. The summed E-state index contributed by atoms with van der Waals surface area (Å²) in [7, 11) is 0. The van der Waals surface area contributed by atoms with E-state index in [0.717, 1.165) is 0 Å². The molecule has 1 heterocycles. The fourth-order valence-electron chi connectivity index (χ4n) is 2.54. The number of rotatable bonds is 5. The Morgan fingerprint density at radius 2 is 2.00 bits per heavy atom. The Kier molecular flexibility index (Phi) is 6.54. The van der Waals surface area contributed by atoms with Gasteiger partial charge in [-0.05, 0) is 38.0 Å². The first kappa shape index (κ1) is 17.9. The summed E-state index contributed by atoms with van der Waals surface area (Å²) in [6.45, 7) is 3.48. The van der Waals surface area contributed by atoms with Crippen molar-refractivity contribution in [1.29, 1.82) is 0 Å². The molecule has 1 saturated heterocycles. The molecule has 7 heteroatoms. The third kappa shape index (κ3) is 5.01. The van der Waals surface area contributed by atoms with Crippen LogP contribution in [0.15, 0.2) is 18.2 Å². The Balaban J connectivity index is 1.80. The third-order valence-corrected chi connectivity index (χ3v) is 4.38. The van der Waals surface area contributed by atoms with Crippen molar-refractivity contribution in [3.05, 3.63) is 28.2 Å². The van der Waals surface area contributed by atoms with Crippen LogP contribution in [-0.2, 0) is 14.3 Å². The molecule has 0 saturated carbocycles. The van der Waals surface area contributed by atoms with Crippen molar-refractivity contribution in [3.63, 3.8) is 0 Å². The number of nitrogens with zero attached hydrogens (tertiary/aromatic N) is 1. The Bertz CT molecular complexity index is 572. The highest BCUT2D eigenvalue weighted by Crippen LogP contribution is 2.25. The lowest BCUT2D eigenvalue weighted by Crippen LogP contribution is -2.43. The van der Waals surface area contributed by atoms with Crippen molar-refractivity contribution in [2.24, 2.45) is 5.92 Å². The summed E-state index contributed by atoms with van der Waals surface area (Å²) in [5, 5.41) is 4.05. The van der Waals surface area contributed by atoms with Crippen LogP contribution in [0.4, 0.5) is 5.69 Å². The maximum absolute atomic E-state index is 12.2. The number of likely N-dealkylation sites (tertiary alicyclic amines) is 1. The number of hydrogen-bond donors (Lipinski definition) is 1. The minimum atomic E-state index is -0.161. The van der Waals surface area contributed by atoms with Crippen LogP contribution < -0.4 is 5.32 Å². The van der Waals surface area contributed by atoms with E-state index in [1.165, 1.54) is 0 Å². The number of benzene rings is 1. The number of anilines is 1. The fraction of sp³-hybridized carbons (Fsp3) is 0.500. The van der Waals surface area contributed by atoms with Gasteiger partial charge < -0.3 is 15.0 Å². The lowest BCUT2D eigenvalue weighted by atomic mass is 9.97. The summed E-state index contributed by atoms with van der Waals surface area (Å²) in [4.78, 5) is 25.7. The van der Waals surface area contributed by atoms with Crippen molar-refractivity contribution in [2.45, 2.75) is 19.8 Å². The van der Waals surface area contributed by atoms with Crippen LogP contribution in [0.25, 0.3) is 0 Å². The van der Waals surface area contributed by atoms with E-state index >= 15 is 0 Å². The Labute approximate surface area is 145 Å². The average Bonchev–Trinajstić information content (AvgIpc) is 2.54. The highest BCUT2D eigenvalue weighted by atomic mass is 35.5. The number of nitrogens with one attached hydrogen (secondary N) is 1. The summed E-state index contributed by atoms with van der Waals surface area (Å²) in [6.07, 6.45) is 1.29. The molecule has 0 atom stereocenters. The standard InChI is InChI=1S/C16H20Cl2N2O3/c1-2-23-16(22)11-5-7-20(8-6-11)15(21)10-19-14-4-3-12(17)9-13(14)18/h3-4,9,11,19H,2,5-8,10H2,1H3. The van der Waals surface area contributed by atoms with Gasteiger partial charge in [-0.15, -0.1) is 0 Å². The minimum absolute atomic E-state index is 0.0154. The van der Waals surface area contributed by atoms with Crippen LogP contribution in [0.5, 0.6) is 0 Å². The number of carbonyl (C=O) groups is 2. The summed E-state index contributed by atoms with van der Waals surface area (Å²) < 4.78 is 5.03. The molecule has 1 N–H and O–H groups in total. The number of hydrogen-bond acceptors (Lipinski definition) is 4. The predicted octanol–water partition coefficient (Wildman–Crippen LogP) is 3.21. The van der Waals surface area contributed by atoms with Crippen molar-refractivity contribution in [1.82, 2.24) is 4.90 Å². The first-order valence-corrected chi connectivity index (χ1v) is 8.40. The van der Waals surface area contributed by atoms with Gasteiger partial charge in [0.2, 0.25) is 5.91 Å². The van der Waals surface area contributed by atoms with E-state index in [0.29, 0.717) is 48.3 Å². The van der Waals surface area contributed by atoms with Crippen molar-refractivity contribution in [3.8, 4) is 0 Å². The summed E-state index contributed by atoms with van der Waals surface area (Å²) in [5.74, 6) is -0.276. The van der Waals surface area contributed by atoms with E-state index in [2.05, 4.69) is 5.32 Å². The molecule has 0 aliphatic carbocycles. The molecule has 126 valence electrons. The van der Waals surface area contributed by atoms with Crippen molar-refractivity contribution >= 4 is 40.8 Å². The van der Waals surface area contributed by atoms with E-state index in [9.17, 15) is 9.59 Å². The molecule has 1 amide bonds. The highest BCUT2D eigenvalue weighted by molar-refractivity contribution is 6.36. The fourth-order valence-corrected chi connectivity index (χ4v) is 3.02. The molecule has 1 aliphatic rings. The summed E-state index contributed by atoms with van der Waals surface area (Å²) in [6, 6.07) is 5.08. The zero-order chi connectivity index (χ0) is 16.8. The average molecular weight is 359 g/mol. The smallest absolute Gasteiger partial charge is 0.309 e. The monoisotopic (exact) mass is 358 g/mol. The minimum Gasteiger partial charge on any atom is -0.466 e. The normalized spacial score (nSPS) is 15.3. The molecule has 0 spiro atoms.